The van der Waals surface area contributed by atoms with Gasteiger partial charge in [-0.15, -0.1) is 0 Å². The summed E-state index contributed by atoms with van der Waals surface area (Å²) in [5.41, 5.74) is 3.39. The van der Waals surface area contributed by atoms with E-state index in [0.717, 1.165) is 17.2 Å². The molecule has 3 rings (SSSR count). The highest BCUT2D eigenvalue weighted by Crippen LogP contribution is 2.30. The van der Waals surface area contributed by atoms with Crippen molar-refractivity contribution in [2.45, 2.75) is 24.6 Å². The van der Waals surface area contributed by atoms with Gasteiger partial charge in [-0.05, 0) is 49.2 Å². The molecule has 1 heterocycles. The molecule has 2 aromatic carbocycles. The van der Waals surface area contributed by atoms with E-state index in [-0.39, 0.29) is 13.0 Å². The van der Waals surface area contributed by atoms with Crippen molar-refractivity contribution in [3.05, 3.63) is 54.5 Å². The Morgan fingerprint density at radius 1 is 1.23 bits per heavy atom. The Balaban J connectivity index is 1.90. The molecule has 0 saturated heterocycles. The number of aromatic nitrogens is 1. The average Bonchev–Trinajstić information content (AvgIpc) is 3.12. The highest BCUT2D eigenvalue weighted by Gasteiger charge is 2.43. The molecule has 0 bridgehead atoms. The van der Waals surface area contributed by atoms with Crippen LogP contribution in [-0.4, -0.2) is 42.2 Å². The summed E-state index contributed by atoms with van der Waals surface area (Å²) >= 11 is 0. The Hall–Kier alpha value is -2.91. The summed E-state index contributed by atoms with van der Waals surface area (Å²) in [5, 5.41) is 9.79. The van der Waals surface area contributed by atoms with Gasteiger partial charge in [0.1, 0.15) is 11.6 Å². The van der Waals surface area contributed by atoms with Crippen LogP contribution in [0.1, 0.15) is 13.3 Å². The maximum atomic E-state index is 14.4. The predicted molar refractivity (Wildman–Crippen MR) is 112 cm³/mol. The Labute approximate surface area is 174 Å². The maximum Gasteiger partial charge on any atom is 0.264 e. The van der Waals surface area contributed by atoms with Crippen LogP contribution < -0.4 is 10.2 Å². The quantitative estimate of drug-likeness (QED) is 0.440. The minimum absolute atomic E-state index is 0.0309. The van der Waals surface area contributed by atoms with Crippen molar-refractivity contribution >= 4 is 26.6 Å². The second-order valence-corrected chi connectivity index (χ2v) is 9.77. The van der Waals surface area contributed by atoms with E-state index in [1.165, 1.54) is 25.6 Å². The molecule has 30 heavy (non-hydrogen) atoms. The third kappa shape index (κ3) is 3.90. The minimum Gasteiger partial charge on any atom is -0.497 e. The second-order valence-electron chi connectivity index (χ2n) is 7.32. The fourth-order valence-corrected chi connectivity index (χ4v) is 4.18. The van der Waals surface area contributed by atoms with E-state index in [1.54, 1.807) is 24.4 Å². The number of carbonyl (C=O) groups excluding carboxylic acids is 1. The summed E-state index contributed by atoms with van der Waals surface area (Å²) < 4.78 is 43.7. The Bertz CT molecular complexity index is 1210. The fourth-order valence-electron chi connectivity index (χ4n) is 3.34. The molecule has 0 spiro atoms. The molecule has 0 fully saturated rings. The van der Waals surface area contributed by atoms with Crippen molar-refractivity contribution in [2.24, 2.45) is 0 Å². The molecule has 0 radical (unpaired) electrons. The summed E-state index contributed by atoms with van der Waals surface area (Å²) in [6.45, 7) is 1.51. The lowest BCUT2D eigenvalue weighted by atomic mass is 10.0. The molecule has 1 atom stereocenters. The van der Waals surface area contributed by atoms with Crippen LogP contribution in [0.2, 0.25) is 0 Å². The molecular weight excluding hydrogens is 411 g/mol. The zero-order valence-corrected chi connectivity index (χ0v) is 17.7. The van der Waals surface area contributed by atoms with E-state index in [1.807, 2.05) is 22.8 Å². The number of amides is 1. The van der Waals surface area contributed by atoms with Crippen molar-refractivity contribution in [3.8, 4) is 16.9 Å². The first kappa shape index (κ1) is 21.8. The summed E-state index contributed by atoms with van der Waals surface area (Å²) in [7, 11) is -2.30. The standard InChI is InChI=1S/C21H23FN2O5S/c1-21(20(25)23-26,30(3,27)28)9-11-24-10-8-15-12-14(4-7-19(15)24)17-6-5-16(29-2)13-18(17)22/h4-8,10,12-13,26H,9,11H2,1-3H3,(H,23,25). The van der Waals surface area contributed by atoms with E-state index in [2.05, 4.69) is 0 Å². The van der Waals surface area contributed by atoms with Crippen LogP contribution in [0.15, 0.2) is 48.7 Å². The molecule has 9 heteroatoms. The topological polar surface area (TPSA) is 97.6 Å². The number of aryl methyl sites for hydroxylation is 1. The van der Waals surface area contributed by atoms with Gasteiger partial charge >= 0.3 is 0 Å². The molecule has 0 aliphatic heterocycles. The van der Waals surface area contributed by atoms with Gasteiger partial charge in [-0.3, -0.25) is 10.0 Å². The third-order valence-corrected chi connectivity index (χ3v) is 7.51. The third-order valence-electron chi connectivity index (χ3n) is 5.49. The van der Waals surface area contributed by atoms with Gasteiger partial charge in [0.15, 0.2) is 14.6 Å². The second kappa shape index (κ2) is 8.08. The van der Waals surface area contributed by atoms with Crippen LogP contribution in [0, 0.1) is 5.82 Å². The molecule has 1 unspecified atom stereocenters. The Kier molecular flexibility index (Phi) is 5.87. The maximum absolute atomic E-state index is 14.4. The SMILES string of the molecule is COc1ccc(-c2ccc3c(ccn3CCC(C)(C(=O)NO)S(C)(=O)=O)c2)c(F)c1. The Morgan fingerprint density at radius 3 is 2.57 bits per heavy atom. The van der Waals surface area contributed by atoms with Crippen LogP contribution in [0.5, 0.6) is 5.75 Å². The van der Waals surface area contributed by atoms with E-state index < -0.39 is 26.3 Å². The van der Waals surface area contributed by atoms with Crippen molar-refractivity contribution in [1.29, 1.82) is 0 Å². The molecule has 0 aliphatic rings. The number of benzene rings is 2. The number of hydrogen-bond donors (Lipinski definition) is 2. The number of nitrogens with one attached hydrogen (secondary N) is 1. The van der Waals surface area contributed by atoms with Gasteiger partial charge in [0.05, 0.1) is 7.11 Å². The van der Waals surface area contributed by atoms with Crippen molar-refractivity contribution in [1.82, 2.24) is 10.0 Å². The van der Waals surface area contributed by atoms with Gasteiger partial charge < -0.3 is 9.30 Å². The number of carbonyl (C=O) groups is 1. The van der Waals surface area contributed by atoms with Crippen LogP contribution in [0.3, 0.4) is 0 Å². The highest BCUT2D eigenvalue weighted by molar-refractivity contribution is 7.92. The Morgan fingerprint density at radius 2 is 1.97 bits per heavy atom. The van der Waals surface area contributed by atoms with Gasteiger partial charge in [-0.2, -0.15) is 0 Å². The summed E-state index contributed by atoms with van der Waals surface area (Å²) in [6.07, 6.45) is 2.71. The zero-order valence-electron chi connectivity index (χ0n) is 16.8. The number of hydrogen-bond acceptors (Lipinski definition) is 5. The van der Waals surface area contributed by atoms with Crippen LogP contribution in [0.4, 0.5) is 4.39 Å². The molecule has 0 aliphatic carbocycles. The number of sulfone groups is 1. The first-order valence-corrected chi connectivity index (χ1v) is 11.1. The number of hydroxylamine groups is 1. The van der Waals surface area contributed by atoms with Gasteiger partial charge in [0.2, 0.25) is 0 Å². The lowest BCUT2D eigenvalue weighted by Gasteiger charge is -2.25. The number of nitrogens with zero attached hydrogens (tertiary/aromatic N) is 1. The van der Waals surface area contributed by atoms with Crippen molar-refractivity contribution in [3.63, 3.8) is 0 Å². The monoisotopic (exact) mass is 434 g/mol. The number of rotatable bonds is 7. The van der Waals surface area contributed by atoms with Gasteiger partial charge in [-0.25, -0.2) is 18.3 Å². The van der Waals surface area contributed by atoms with E-state index in [0.29, 0.717) is 16.9 Å². The normalized spacial score (nSPS) is 13.8. The van der Waals surface area contributed by atoms with Crippen molar-refractivity contribution < 1.29 is 27.5 Å². The van der Waals surface area contributed by atoms with Gasteiger partial charge in [-0.1, -0.05) is 6.07 Å². The molecule has 1 aromatic heterocycles. The molecule has 160 valence electrons. The fraction of sp³-hybridized carbons (Fsp3) is 0.286. The number of fused-ring (bicyclic) bond motifs is 1. The molecule has 0 saturated carbocycles. The number of methoxy groups -OCH3 is 1. The first-order valence-electron chi connectivity index (χ1n) is 9.17. The lowest BCUT2D eigenvalue weighted by Crippen LogP contribution is -2.49. The smallest absolute Gasteiger partial charge is 0.264 e. The molecular formula is C21H23FN2O5S. The lowest BCUT2D eigenvalue weighted by molar-refractivity contribution is -0.131. The molecule has 1 amide bonds. The number of halogens is 1. The van der Waals surface area contributed by atoms with Crippen LogP contribution >= 0.6 is 0 Å². The predicted octanol–water partition coefficient (Wildman–Crippen LogP) is 3.15. The highest BCUT2D eigenvalue weighted by atomic mass is 32.2. The minimum atomic E-state index is -3.77. The van der Waals surface area contributed by atoms with E-state index in [9.17, 15) is 17.6 Å². The molecule has 3 aromatic rings. The van der Waals surface area contributed by atoms with Gasteiger partial charge in [0, 0.05) is 41.5 Å². The number of ether oxygens (including phenoxy) is 1. The van der Waals surface area contributed by atoms with Gasteiger partial charge in [0.25, 0.3) is 5.91 Å². The summed E-state index contributed by atoms with van der Waals surface area (Å²) in [4.78, 5) is 12.0. The molecule has 2 N–H and O–H groups in total. The largest absolute Gasteiger partial charge is 0.497 e. The average molecular weight is 434 g/mol. The van der Waals surface area contributed by atoms with Crippen LogP contribution in [-0.2, 0) is 21.2 Å². The zero-order chi connectivity index (χ0) is 22.1. The summed E-state index contributed by atoms with van der Waals surface area (Å²) in [5.74, 6) is -0.935. The van der Waals surface area contributed by atoms with Crippen molar-refractivity contribution in [2.75, 3.05) is 13.4 Å². The first-order chi connectivity index (χ1) is 14.1. The van der Waals surface area contributed by atoms with Crippen LogP contribution in [0.25, 0.3) is 22.0 Å². The van der Waals surface area contributed by atoms with E-state index >= 15 is 0 Å². The molecule has 7 nitrogen and oxygen atoms in total. The van der Waals surface area contributed by atoms with E-state index in [4.69, 9.17) is 9.94 Å². The summed E-state index contributed by atoms with van der Waals surface area (Å²) in [6, 6.07) is 11.9.